The van der Waals surface area contributed by atoms with E-state index in [-0.39, 0.29) is 12.2 Å². The van der Waals surface area contributed by atoms with Gasteiger partial charge in [0.1, 0.15) is 5.78 Å². The Labute approximate surface area is 78.5 Å². The number of carbonyl (C=O) groups is 2. The number of hydrogen-bond acceptors (Lipinski definition) is 2. The Morgan fingerprint density at radius 3 is 2.46 bits per heavy atom. The standard InChI is InChI=1S/C10H16O3/c1-2-3-4-6-9(11)7-5-8-10(12)13/h2-3H,4-8H2,1H3,(H,12,13)/b3-2+. The monoisotopic (exact) mass is 184 g/mol. The molecule has 3 heteroatoms. The van der Waals surface area contributed by atoms with E-state index < -0.39 is 5.97 Å². The number of ketones is 1. The fraction of sp³-hybridized carbons (Fsp3) is 0.600. The minimum absolute atomic E-state index is 0.0926. The lowest BCUT2D eigenvalue weighted by Gasteiger charge is -1.96. The van der Waals surface area contributed by atoms with Crippen LogP contribution in [0.3, 0.4) is 0 Å². The van der Waals surface area contributed by atoms with Crippen molar-refractivity contribution in [3.05, 3.63) is 12.2 Å². The van der Waals surface area contributed by atoms with Crippen LogP contribution in [-0.2, 0) is 9.59 Å². The van der Waals surface area contributed by atoms with Crippen molar-refractivity contribution in [1.29, 1.82) is 0 Å². The molecule has 0 heterocycles. The van der Waals surface area contributed by atoms with Crippen molar-refractivity contribution in [1.82, 2.24) is 0 Å². The minimum Gasteiger partial charge on any atom is -0.481 e. The Morgan fingerprint density at radius 2 is 1.92 bits per heavy atom. The molecule has 13 heavy (non-hydrogen) atoms. The lowest BCUT2D eigenvalue weighted by atomic mass is 10.1. The molecular weight excluding hydrogens is 168 g/mol. The number of rotatable bonds is 7. The molecule has 0 saturated heterocycles. The molecule has 0 bridgehead atoms. The van der Waals surface area contributed by atoms with Crippen LogP contribution in [0.2, 0.25) is 0 Å². The van der Waals surface area contributed by atoms with Crippen LogP contribution in [0.5, 0.6) is 0 Å². The van der Waals surface area contributed by atoms with Gasteiger partial charge in [0.2, 0.25) is 0 Å². The molecule has 0 aromatic heterocycles. The van der Waals surface area contributed by atoms with Crippen LogP contribution in [-0.4, -0.2) is 16.9 Å². The average molecular weight is 184 g/mol. The number of hydrogen-bond donors (Lipinski definition) is 1. The van der Waals surface area contributed by atoms with E-state index in [1.54, 1.807) is 0 Å². The summed E-state index contributed by atoms with van der Waals surface area (Å²) in [5.41, 5.74) is 0. The lowest BCUT2D eigenvalue weighted by Crippen LogP contribution is -2.00. The topological polar surface area (TPSA) is 54.4 Å². The van der Waals surface area contributed by atoms with E-state index in [0.717, 1.165) is 6.42 Å². The summed E-state index contributed by atoms with van der Waals surface area (Å²) >= 11 is 0. The van der Waals surface area contributed by atoms with Gasteiger partial charge in [0.25, 0.3) is 0 Å². The number of aliphatic carboxylic acids is 1. The van der Waals surface area contributed by atoms with Crippen molar-refractivity contribution >= 4 is 11.8 Å². The fourth-order valence-corrected chi connectivity index (χ4v) is 0.973. The highest BCUT2D eigenvalue weighted by Crippen LogP contribution is 2.02. The molecule has 3 nitrogen and oxygen atoms in total. The summed E-state index contributed by atoms with van der Waals surface area (Å²) in [5.74, 6) is -0.680. The quantitative estimate of drug-likeness (QED) is 0.617. The van der Waals surface area contributed by atoms with Crippen LogP contribution in [0.1, 0.15) is 39.0 Å². The van der Waals surface area contributed by atoms with Gasteiger partial charge in [-0.3, -0.25) is 9.59 Å². The molecule has 74 valence electrons. The fourth-order valence-electron chi connectivity index (χ4n) is 0.973. The van der Waals surface area contributed by atoms with E-state index in [9.17, 15) is 9.59 Å². The van der Waals surface area contributed by atoms with Gasteiger partial charge < -0.3 is 5.11 Å². The molecule has 0 spiro atoms. The van der Waals surface area contributed by atoms with Gasteiger partial charge in [0, 0.05) is 19.3 Å². The van der Waals surface area contributed by atoms with E-state index in [1.165, 1.54) is 0 Å². The normalized spacial score (nSPS) is 10.5. The maximum atomic E-state index is 11.1. The molecule has 0 atom stereocenters. The summed E-state index contributed by atoms with van der Waals surface area (Å²) in [7, 11) is 0. The maximum absolute atomic E-state index is 11.1. The lowest BCUT2D eigenvalue weighted by molar-refractivity contribution is -0.137. The molecule has 0 rings (SSSR count). The first-order valence-corrected chi connectivity index (χ1v) is 4.51. The van der Waals surface area contributed by atoms with Crippen molar-refractivity contribution in [2.24, 2.45) is 0 Å². The third-order valence-electron chi connectivity index (χ3n) is 1.67. The highest BCUT2D eigenvalue weighted by molar-refractivity contribution is 5.79. The Balaban J connectivity index is 3.35. The number of Topliss-reactive ketones (excluding diaryl/α,β-unsaturated/α-hetero) is 1. The molecule has 1 N–H and O–H groups in total. The zero-order chi connectivity index (χ0) is 10.1. The molecule has 0 aromatic carbocycles. The van der Waals surface area contributed by atoms with E-state index in [4.69, 9.17) is 5.11 Å². The molecule has 0 aromatic rings. The predicted octanol–water partition coefficient (Wildman–Crippen LogP) is 2.17. The molecule has 0 unspecified atom stereocenters. The summed E-state index contributed by atoms with van der Waals surface area (Å²) in [4.78, 5) is 21.2. The SMILES string of the molecule is C/C=C/CCC(=O)CCCC(=O)O. The largest absolute Gasteiger partial charge is 0.481 e. The van der Waals surface area contributed by atoms with Gasteiger partial charge in [-0.1, -0.05) is 12.2 Å². The summed E-state index contributed by atoms with van der Waals surface area (Å²) in [6.07, 6.45) is 6.09. The molecular formula is C10H16O3. The second-order valence-corrected chi connectivity index (χ2v) is 2.89. The maximum Gasteiger partial charge on any atom is 0.303 e. The van der Waals surface area contributed by atoms with Crippen molar-refractivity contribution in [2.45, 2.75) is 39.0 Å². The Bertz CT molecular complexity index is 194. The predicted molar refractivity (Wildman–Crippen MR) is 50.5 cm³/mol. The van der Waals surface area contributed by atoms with Crippen LogP contribution >= 0.6 is 0 Å². The first-order valence-electron chi connectivity index (χ1n) is 4.51. The Kier molecular flexibility index (Phi) is 6.88. The third-order valence-corrected chi connectivity index (χ3v) is 1.67. The van der Waals surface area contributed by atoms with Crippen LogP contribution < -0.4 is 0 Å². The molecule has 0 radical (unpaired) electrons. The van der Waals surface area contributed by atoms with Gasteiger partial charge in [-0.05, 0) is 19.8 Å². The third kappa shape index (κ3) is 8.79. The van der Waals surface area contributed by atoms with Gasteiger partial charge in [-0.15, -0.1) is 0 Å². The highest BCUT2D eigenvalue weighted by Gasteiger charge is 2.02. The zero-order valence-corrected chi connectivity index (χ0v) is 7.95. The Hall–Kier alpha value is -1.12. The van der Waals surface area contributed by atoms with Gasteiger partial charge in [0.05, 0.1) is 0 Å². The molecule has 0 aliphatic carbocycles. The zero-order valence-electron chi connectivity index (χ0n) is 7.95. The van der Waals surface area contributed by atoms with E-state index in [1.807, 2.05) is 19.1 Å². The molecule has 0 saturated carbocycles. The summed E-state index contributed by atoms with van der Waals surface area (Å²) < 4.78 is 0. The smallest absolute Gasteiger partial charge is 0.303 e. The molecule has 0 aliphatic heterocycles. The minimum atomic E-state index is -0.832. The van der Waals surface area contributed by atoms with Gasteiger partial charge in [-0.25, -0.2) is 0 Å². The second kappa shape index (κ2) is 7.53. The molecule has 0 fully saturated rings. The molecule has 0 amide bonds. The molecule has 0 aliphatic rings. The number of carboxylic acids is 1. The summed E-state index contributed by atoms with van der Waals surface area (Å²) in [6.45, 7) is 1.91. The average Bonchev–Trinajstić information content (AvgIpc) is 2.04. The van der Waals surface area contributed by atoms with Crippen molar-refractivity contribution in [3.63, 3.8) is 0 Å². The van der Waals surface area contributed by atoms with Crippen LogP contribution in [0, 0.1) is 0 Å². The first-order chi connectivity index (χ1) is 6.16. The van der Waals surface area contributed by atoms with E-state index in [0.29, 0.717) is 19.3 Å². The Morgan fingerprint density at radius 1 is 1.23 bits per heavy atom. The summed E-state index contributed by atoms with van der Waals surface area (Å²) in [5, 5.41) is 8.32. The number of carboxylic acid groups (broad SMARTS) is 1. The second-order valence-electron chi connectivity index (χ2n) is 2.89. The number of carbonyl (C=O) groups excluding carboxylic acids is 1. The highest BCUT2D eigenvalue weighted by atomic mass is 16.4. The van der Waals surface area contributed by atoms with Gasteiger partial charge in [-0.2, -0.15) is 0 Å². The van der Waals surface area contributed by atoms with Gasteiger partial charge in [0.15, 0.2) is 0 Å². The summed E-state index contributed by atoms with van der Waals surface area (Å²) in [6, 6.07) is 0. The van der Waals surface area contributed by atoms with E-state index >= 15 is 0 Å². The van der Waals surface area contributed by atoms with Crippen LogP contribution in [0.25, 0.3) is 0 Å². The van der Waals surface area contributed by atoms with E-state index in [2.05, 4.69) is 0 Å². The van der Waals surface area contributed by atoms with Gasteiger partial charge >= 0.3 is 5.97 Å². The van der Waals surface area contributed by atoms with Crippen LogP contribution in [0.4, 0.5) is 0 Å². The van der Waals surface area contributed by atoms with Crippen molar-refractivity contribution in [2.75, 3.05) is 0 Å². The number of allylic oxidation sites excluding steroid dienone is 2. The first kappa shape index (κ1) is 11.9. The van der Waals surface area contributed by atoms with Crippen molar-refractivity contribution < 1.29 is 14.7 Å². The van der Waals surface area contributed by atoms with Crippen molar-refractivity contribution in [3.8, 4) is 0 Å². The van der Waals surface area contributed by atoms with Crippen LogP contribution in [0.15, 0.2) is 12.2 Å².